The molecule has 0 spiro atoms. The van der Waals surface area contributed by atoms with Gasteiger partial charge in [0.15, 0.2) is 0 Å². The van der Waals surface area contributed by atoms with E-state index in [4.69, 9.17) is 11.6 Å². The summed E-state index contributed by atoms with van der Waals surface area (Å²) in [7, 11) is 0. The second-order valence-corrected chi connectivity index (χ2v) is 6.58. The minimum Gasteiger partial charge on any atom is -0.314 e. The van der Waals surface area contributed by atoms with Gasteiger partial charge in [0.2, 0.25) is 0 Å². The fourth-order valence-electron chi connectivity index (χ4n) is 2.88. The van der Waals surface area contributed by atoms with Gasteiger partial charge in [-0.2, -0.15) is 0 Å². The van der Waals surface area contributed by atoms with Gasteiger partial charge in [0.1, 0.15) is 5.82 Å². The highest BCUT2D eigenvalue weighted by Crippen LogP contribution is 2.41. The molecule has 0 aromatic heterocycles. The summed E-state index contributed by atoms with van der Waals surface area (Å²) in [5.41, 5.74) is 0.908. The highest BCUT2D eigenvalue weighted by Gasteiger charge is 2.34. The molecule has 0 radical (unpaired) electrons. The Hall–Kier alpha value is -0.350. The van der Waals surface area contributed by atoms with Crippen LogP contribution in [0.4, 0.5) is 4.39 Å². The molecular weight excluding hydrogens is 298 g/mol. The van der Waals surface area contributed by atoms with Gasteiger partial charge in [-0.05, 0) is 17.0 Å². The third kappa shape index (κ3) is 3.85. The van der Waals surface area contributed by atoms with E-state index in [1.165, 1.54) is 6.07 Å². The Morgan fingerprint density at radius 3 is 2.40 bits per heavy atom. The van der Waals surface area contributed by atoms with E-state index in [0.29, 0.717) is 0 Å². The average molecular weight is 321 g/mol. The Morgan fingerprint density at radius 2 is 1.85 bits per heavy atom. The van der Waals surface area contributed by atoms with Crippen LogP contribution in [0.25, 0.3) is 0 Å². The molecule has 0 unspecified atom stereocenters. The first-order valence-corrected chi connectivity index (χ1v) is 7.18. The SMILES string of the molecule is CC(C)(C)[C@@H](c1cccc(F)c1Cl)N1CCNCC1.Cl. The molecule has 5 heteroatoms. The molecule has 1 heterocycles. The van der Waals surface area contributed by atoms with E-state index in [1.807, 2.05) is 6.07 Å². The first-order chi connectivity index (χ1) is 8.91. The molecule has 0 amide bonds. The first-order valence-electron chi connectivity index (χ1n) is 6.80. The van der Waals surface area contributed by atoms with Gasteiger partial charge in [-0.1, -0.05) is 44.5 Å². The highest BCUT2D eigenvalue weighted by atomic mass is 35.5. The van der Waals surface area contributed by atoms with E-state index in [2.05, 4.69) is 31.0 Å². The maximum atomic E-state index is 13.7. The molecule has 114 valence electrons. The molecule has 1 atom stereocenters. The Morgan fingerprint density at radius 1 is 1.25 bits per heavy atom. The van der Waals surface area contributed by atoms with Crippen LogP contribution in [-0.4, -0.2) is 31.1 Å². The minimum atomic E-state index is -0.330. The van der Waals surface area contributed by atoms with Crippen LogP contribution in [0.2, 0.25) is 5.02 Å². The number of nitrogens with zero attached hydrogens (tertiary/aromatic N) is 1. The molecule has 1 aliphatic rings. The summed E-state index contributed by atoms with van der Waals surface area (Å²) in [6.45, 7) is 10.4. The van der Waals surface area contributed by atoms with E-state index in [9.17, 15) is 4.39 Å². The Balaban J connectivity index is 0.00000200. The van der Waals surface area contributed by atoms with Crippen LogP contribution in [-0.2, 0) is 0 Å². The van der Waals surface area contributed by atoms with E-state index >= 15 is 0 Å². The summed E-state index contributed by atoms with van der Waals surface area (Å²) >= 11 is 6.20. The van der Waals surface area contributed by atoms with Crippen molar-refractivity contribution in [1.29, 1.82) is 0 Å². The lowest BCUT2D eigenvalue weighted by Gasteiger charge is -2.43. The van der Waals surface area contributed by atoms with Crippen molar-refractivity contribution in [3.8, 4) is 0 Å². The fraction of sp³-hybridized carbons (Fsp3) is 0.600. The summed E-state index contributed by atoms with van der Waals surface area (Å²) in [5.74, 6) is -0.330. The summed E-state index contributed by atoms with van der Waals surface area (Å²) in [6, 6.07) is 5.25. The van der Waals surface area contributed by atoms with Gasteiger partial charge in [0.25, 0.3) is 0 Å². The fourth-order valence-corrected chi connectivity index (χ4v) is 3.11. The molecule has 1 aromatic rings. The third-order valence-corrected chi connectivity index (χ3v) is 4.01. The topological polar surface area (TPSA) is 15.3 Å². The van der Waals surface area contributed by atoms with Gasteiger partial charge in [0.05, 0.1) is 5.02 Å². The van der Waals surface area contributed by atoms with Gasteiger partial charge in [0, 0.05) is 32.2 Å². The van der Waals surface area contributed by atoms with Crippen molar-refractivity contribution in [2.24, 2.45) is 5.41 Å². The van der Waals surface area contributed by atoms with E-state index in [1.54, 1.807) is 6.07 Å². The largest absolute Gasteiger partial charge is 0.314 e. The van der Waals surface area contributed by atoms with Crippen LogP contribution in [0.3, 0.4) is 0 Å². The van der Waals surface area contributed by atoms with Crippen molar-refractivity contribution in [3.63, 3.8) is 0 Å². The lowest BCUT2D eigenvalue weighted by atomic mass is 9.81. The quantitative estimate of drug-likeness (QED) is 0.889. The average Bonchev–Trinajstić information content (AvgIpc) is 2.35. The summed E-state index contributed by atoms with van der Waals surface area (Å²) in [6.07, 6.45) is 0. The lowest BCUT2D eigenvalue weighted by Crippen LogP contribution is -2.48. The monoisotopic (exact) mass is 320 g/mol. The number of piperazine rings is 1. The summed E-state index contributed by atoms with van der Waals surface area (Å²) < 4.78 is 13.7. The van der Waals surface area contributed by atoms with Gasteiger partial charge in [-0.15, -0.1) is 12.4 Å². The zero-order chi connectivity index (χ0) is 14.0. The van der Waals surface area contributed by atoms with Crippen LogP contribution >= 0.6 is 24.0 Å². The molecule has 0 saturated carbocycles. The highest BCUT2D eigenvalue weighted by molar-refractivity contribution is 6.31. The predicted molar refractivity (Wildman–Crippen MR) is 85.3 cm³/mol. The number of hydrogen-bond acceptors (Lipinski definition) is 2. The van der Waals surface area contributed by atoms with Crippen LogP contribution in [0.15, 0.2) is 18.2 Å². The van der Waals surface area contributed by atoms with Crippen molar-refractivity contribution < 1.29 is 4.39 Å². The maximum Gasteiger partial charge on any atom is 0.142 e. The Bertz CT molecular complexity index is 440. The Labute approximate surface area is 132 Å². The standard InChI is InChI=1S/C15H22ClFN2.ClH/c1-15(2,3)14(19-9-7-18-8-10-19)11-5-4-6-12(17)13(11)16;/h4-6,14,18H,7-10H2,1-3H3;1H/t14-;/m1./s1. The molecule has 1 aromatic carbocycles. The van der Waals surface area contributed by atoms with Crippen molar-refractivity contribution in [2.75, 3.05) is 26.2 Å². The minimum absolute atomic E-state index is 0. The van der Waals surface area contributed by atoms with Crippen molar-refractivity contribution >= 4 is 24.0 Å². The molecule has 2 nitrogen and oxygen atoms in total. The smallest absolute Gasteiger partial charge is 0.142 e. The number of nitrogens with one attached hydrogen (secondary N) is 1. The Kier molecular flexibility index (Phi) is 6.26. The van der Waals surface area contributed by atoms with Crippen LogP contribution < -0.4 is 5.32 Å². The van der Waals surface area contributed by atoms with Gasteiger partial charge >= 0.3 is 0 Å². The zero-order valence-electron chi connectivity index (χ0n) is 12.2. The zero-order valence-corrected chi connectivity index (χ0v) is 13.8. The summed E-state index contributed by atoms with van der Waals surface area (Å²) in [4.78, 5) is 2.40. The second-order valence-electron chi connectivity index (χ2n) is 6.20. The van der Waals surface area contributed by atoms with E-state index in [-0.39, 0.29) is 34.7 Å². The van der Waals surface area contributed by atoms with Crippen LogP contribution in [0.5, 0.6) is 0 Å². The number of halogens is 3. The molecule has 0 aliphatic carbocycles. The van der Waals surface area contributed by atoms with Gasteiger partial charge in [-0.3, -0.25) is 4.90 Å². The molecule has 1 saturated heterocycles. The number of hydrogen-bond donors (Lipinski definition) is 1. The van der Waals surface area contributed by atoms with Crippen molar-refractivity contribution in [3.05, 3.63) is 34.6 Å². The number of benzene rings is 1. The first kappa shape index (κ1) is 17.7. The maximum absolute atomic E-state index is 13.7. The summed E-state index contributed by atoms with van der Waals surface area (Å²) in [5, 5.41) is 3.61. The predicted octanol–water partition coefficient (Wildman–Crippen LogP) is 3.89. The van der Waals surface area contributed by atoms with E-state index in [0.717, 1.165) is 31.7 Å². The normalized spacial score (nSPS) is 18.4. The van der Waals surface area contributed by atoms with Crippen LogP contribution in [0, 0.1) is 11.2 Å². The molecule has 1 aliphatic heterocycles. The lowest BCUT2D eigenvalue weighted by molar-refractivity contribution is 0.0861. The second kappa shape index (κ2) is 7.08. The molecule has 20 heavy (non-hydrogen) atoms. The van der Waals surface area contributed by atoms with Gasteiger partial charge in [-0.25, -0.2) is 4.39 Å². The van der Waals surface area contributed by atoms with Crippen molar-refractivity contribution in [1.82, 2.24) is 10.2 Å². The molecular formula is C15H23Cl2FN2. The molecule has 1 fully saturated rings. The number of rotatable bonds is 2. The molecule has 1 N–H and O–H groups in total. The third-order valence-electron chi connectivity index (χ3n) is 3.61. The molecule has 2 rings (SSSR count). The van der Waals surface area contributed by atoms with Crippen LogP contribution in [0.1, 0.15) is 32.4 Å². The van der Waals surface area contributed by atoms with E-state index < -0.39 is 0 Å². The molecule has 0 bridgehead atoms. The van der Waals surface area contributed by atoms with Gasteiger partial charge < -0.3 is 5.32 Å². The van der Waals surface area contributed by atoms with Crippen molar-refractivity contribution in [2.45, 2.75) is 26.8 Å².